The highest BCUT2D eigenvalue weighted by molar-refractivity contribution is 6.33. The topological polar surface area (TPSA) is 80.3 Å². The summed E-state index contributed by atoms with van der Waals surface area (Å²) in [5, 5.41) is 19.4. The van der Waals surface area contributed by atoms with Crippen LogP contribution in [0.1, 0.15) is 6.92 Å². The maximum atomic E-state index is 10.8. The van der Waals surface area contributed by atoms with Gasteiger partial charge in [0, 0.05) is 29.9 Å². The number of para-hydroxylation sites is 1. The van der Waals surface area contributed by atoms with Crippen molar-refractivity contribution < 1.29 is 9.66 Å². The number of benzene rings is 4. The first kappa shape index (κ1) is 24.9. The van der Waals surface area contributed by atoms with Gasteiger partial charge in [-0.25, -0.2) is 0 Å². The molecule has 4 aromatic carbocycles. The molecule has 4 aromatic rings. The number of likely N-dealkylation sites (N-methyl/N-ethyl adjacent to an activating group) is 1. The first-order chi connectivity index (χ1) is 17.5. The quantitative estimate of drug-likeness (QED) is 0.125. The SMILES string of the molecule is CCN(CCOc1ccccc1-c1ccccc1)c1ccc(N=Nc2ccc([N+](=O)[O-])cc2Cl)cc1. The van der Waals surface area contributed by atoms with Crippen LogP contribution in [0.4, 0.5) is 22.7 Å². The minimum absolute atomic E-state index is 0.0875. The van der Waals surface area contributed by atoms with Gasteiger partial charge in [0.25, 0.3) is 5.69 Å². The van der Waals surface area contributed by atoms with E-state index in [4.69, 9.17) is 16.3 Å². The minimum Gasteiger partial charge on any atom is -0.491 e. The van der Waals surface area contributed by atoms with E-state index < -0.39 is 4.92 Å². The Labute approximate surface area is 214 Å². The summed E-state index contributed by atoms with van der Waals surface area (Å²) in [6.45, 7) is 4.18. The van der Waals surface area contributed by atoms with E-state index in [0.717, 1.165) is 35.7 Å². The van der Waals surface area contributed by atoms with Crippen LogP contribution in [-0.2, 0) is 0 Å². The van der Waals surface area contributed by atoms with Gasteiger partial charge < -0.3 is 9.64 Å². The second kappa shape index (κ2) is 12.0. The van der Waals surface area contributed by atoms with Gasteiger partial charge >= 0.3 is 0 Å². The Morgan fingerprint density at radius 1 is 0.917 bits per heavy atom. The number of ether oxygens (including phenoxy) is 1. The van der Waals surface area contributed by atoms with Crippen LogP contribution < -0.4 is 9.64 Å². The molecule has 36 heavy (non-hydrogen) atoms. The summed E-state index contributed by atoms with van der Waals surface area (Å²) in [6.07, 6.45) is 0. The van der Waals surface area contributed by atoms with Crippen molar-refractivity contribution in [3.8, 4) is 16.9 Å². The van der Waals surface area contributed by atoms with Crippen LogP contribution in [0.2, 0.25) is 5.02 Å². The van der Waals surface area contributed by atoms with Crippen molar-refractivity contribution in [3.63, 3.8) is 0 Å². The Morgan fingerprint density at radius 2 is 1.64 bits per heavy atom. The largest absolute Gasteiger partial charge is 0.491 e. The molecular formula is C28H25ClN4O3. The second-order valence-corrected chi connectivity index (χ2v) is 8.31. The van der Waals surface area contributed by atoms with Crippen LogP contribution in [-0.4, -0.2) is 24.6 Å². The molecule has 8 heteroatoms. The van der Waals surface area contributed by atoms with Crippen LogP contribution in [0.5, 0.6) is 5.75 Å². The molecule has 0 radical (unpaired) electrons. The highest BCUT2D eigenvalue weighted by Crippen LogP contribution is 2.31. The van der Waals surface area contributed by atoms with Gasteiger partial charge in [-0.2, -0.15) is 5.11 Å². The molecule has 0 saturated heterocycles. The predicted molar refractivity (Wildman–Crippen MR) is 144 cm³/mol. The molecular weight excluding hydrogens is 476 g/mol. The molecule has 0 unspecified atom stereocenters. The van der Waals surface area contributed by atoms with Crippen LogP contribution in [0.3, 0.4) is 0 Å². The number of nitro groups is 1. The van der Waals surface area contributed by atoms with E-state index in [2.05, 4.69) is 40.3 Å². The molecule has 0 atom stereocenters. The summed E-state index contributed by atoms with van der Waals surface area (Å²) in [7, 11) is 0. The number of nitrogens with zero attached hydrogens (tertiary/aromatic N) is 4. The van der Waals surface area contributed by atoms with Crippen molar-refractivity contribution in [2.24, 2.45) is 10.2 Å². The summed E-state index contributed by atoms with van der Waals surface area (Å²) >= 11 is 6.09. The Hall–Kier alpha value is -4.23. The third kappa shape index (κ3) is 6.25. The fourth-order valence-corrected chi connectivity index (χ4v) is 3.93. The number of non-ortho nitro benzene ring substituents is 1. The van der Waals surface area contributed by atoms with Crippen molar-refractivity contribution in [2.75, 3.05) is 24.6 Å². The molecule has 0 N–H and O–H groups in total. The van der Waals surface area contributed by atoms with E-state index in [1.54, 1.807) is 0 Å². The molecule has 0 aliphatic rings. The van der Waals surface area contributed by atoms with Crippen LogP contribution >= 0.6 is 11.6 Å². The number of halogens is 1. The molecule has 0 amide bonds. The first-order valence-corrected chi connectivity index (χ1v) is 11.9. The molecule has 0 bridgehead atoms. The lowest BCUT2D eigenvalue weighted by atomic mass is 10.1. The molecule has 0 aliphatic heterocycles. The molecule has 4 rings (SSSR count). The van der Waals surface area contributed by atoms with E-state index in [-0.39, 0.29) is 10.7 Å². The summed E-state index contributed by atoms with van der Waals surface area (Å²) < 4.78 is 6.16. The van der Waals surface area contributed by atoms with Crippen molar-refractivity contribution in [3.05, 3.63) is 112 Å². The fourth-order valence-electron chi connectivity index (χ4n) is 3.72. The van der Waals surface area contributed by atoms with Crippen molar-refractivity contribution >= 4 is 34.4 Å². The minimum atomic E-state index is -0.502. The van der Waals surface area contributed by atoms with Gasteiger partial charge in [-0.15, -0.1) is 5.11 Å². The Balaban J connectivity index is 1.37. The molecule has 0 aromatic heterocycles. The third-order valence-corrected chi connectivity index (χ3v) is 5.91. The van der Waals surface area contributed by atoms with Crippen molar-refractivity contribution in [1.29, 1.82) is 0 Å². The van der Waals surface area contributed by atoms with E-state index in [1.165, 1.54) is 18.2 Å². The Morgan fingerprint density at radius 3 is 2.33 bits per heavy atom. The first-order valence-electron chi connectivity index (χ1n) is 11.5. The van der Waals surface area contributed by atoms with Crippen LogP contribution in [0.25, 0.3) is 11.1 Å². The molecule has 0 spiro atoms. The second-order valence-electron chi connectivity index (χ2n) is 7.90. The highest BCUT2D eigenvalue weighted by atomic mass is 35.5. The summed E-state index contributed by atoms with van der Waals surface area (Å²) in [5.41, 5.74) is 4.18. The van der Waals surface area contributed by atoms with Crippen LogP contribution in [0.15, 0.2) is 107 Å². The maximum absolute atomic E-state index is 10.8. The molecule has 0 fully saturated rings. The smallest absolute Gasteiger partial charge is 0.271 e. The van der Waals surface area contributed by atoms with Gasteiger partial charge in [-0.05, 0) is 48.9 Å². The normalized spacial score (nSPS) is 10.9. The Kier molecular flexibility index (Phi) is 8.26. The van der Waals surface area contributed by atoms with E-state index in [1.807, 2.05) is 60.7 Å². The number of hydrogen-bond donors (Lipinski definition) is 0. The van der Waals surface area contributed by atoms with Crippen LogP contribution in [0, 0.1) is 10.1 Å². The van der Waals surface area contributed by atoms with Gasteiger partial charge in [-0.3, -0.25) is 10.1 Å². The Bertz CT molecular complexity index is 1340. The maximum Gasteiger partial charge on any atom is 0.271 e. The molecule has 182 valence electrons. The zero-order valence-corrected chi connectivity index (χ0v) is 20.5. The highest BCUT2D eigenvalue weighted by Gasteiger charge is 2.10. The number of azo groups is 1. The van der Waals surface area contributed by atoms with Gasteiger partial charge in [-0.1, -0.05) is 60.1 Å². The number of rotatable bonds is 10. The average Bonchev–Trinajstić information content (AvgIpc) is 2.91. The number of nitro benzene ring substituents is 1. The fraction of sp³-hybridized carbons (Fsp3) is 0.143. The number of hydrogen-bond acceptors (Lipinski definition) is 6. The molecule has 0 saturated carbocycles. The van der Waals surface area contributed by atoms with Gasteiger partial charge in [0.15, 0.2) is 0 Å². The van der Waals surface area contributed by atoms with E-state index in [0.29, 0.717) is 18.0 Å². The lowest BCUT2D eigenvalue weighted by molar-refractivity contribution is -0.384. The average molecular weight is 501 g/mol. The lowest BCUT2D eigenvalue weighted by Crippen LogP contribution is -2.28. The zero-order valence-electron chi connectivity index (χ0n) is 19.8. The number of anilines is 1. The zero-order chi connectivity index (χ0) is 25.3. The van der Waals surface area contributed by atoms with E-state index >= 15 is 0 Å². The van der Waals surface area contributed by atoms with Gasteiger partial charge in [0.2, 0.25) is 0 Å². The lowest BCUT2D eigenvalue weighted by Gasteiger charge is -2.23. The molecule has 7 nitrogen and oxygen atoms in total. The van der Waals surface area contributed by atoms with Gasteiger partial charge in [0.1, 0.15) is 18.0 Å². The summed E-state index contributed by atoms with van der Waals surface area (Å²) in [6, 6.07) is 30.1. The molecule has 0 aliphatic carbocycles. The predicted octanol–water partition coefficient (Wildman–Crippen LogP) is 8.24. The third-order valence-electron chi connectivity index (χ3n) is 5.60. The summed E-state index contributed by atoms with van der Waals surface area (Å²) in [4.78, 5) is 12.6. The standard InChI is InChI=1S/C28H25ClN4O3/c1-2-32(18-19-36-28-11-7-6-10-25(28)21-8-4-3-5-9-21)23-14-12-22(13-15-23)30-31-27-17-16-24(33(34)35)20-26(27)29/h3-17,20H,2,18-19H2,1H3. The van der Waals surface area contributed by atoms with E-state index in [9.17, 15) is 10.1 Å². The molecule has 0 heterocycles. The van der Waals surface area contributed by atoms with Crippen molar-refractivity contribution in [1.82, 2.24) is 0 Å². The van der Waals surface area contributed by atoms with Crippen molar-refractivity contribution in [2.45, 2.75) is 6.92 Å². The van der Waals surface area contributed by atoms with Gasteiger partial charge in [0.05, 0.1) is 22.2 Å². The monoisotopic (exact) mass is 500 g/mol. The summed E-state index contributed by atoms with van der Waals surface area (Å²) in [5.74, 6) is 0.861.